The lowest BCUT2D eigenvalue weighted by Crippen LogP contribution is -2.24. The molecule has 1 amide bonds. The van der Waals surface area contributed by atoms with Gasteiger partial charge in [-0.25, -0.2) is 9.36 Å². The molecule has 0 spiro atoms. The van der Waals surface area contributed by atoms with E-state index in [0.29, 0.717) is 0 Å². The van der Waals surface area contributed by atoms with Gasteiger partial charge in [0.2, 0.25) is 0 Å². The Bertz CT molecular complexity index is 106. The number of nitrogens with one attached hydrogen (secondary N) is 1. The maximum atomic E-state index is 9.72. The summed E-state index contributed by atoms with van der Waals surface area (Å²) in [5.74, 6) is 0. The van der Waals surface area contributed by atoms with Crippen LogP contribution in [0.25, 0.3) is 0 Å². The van der Waals surface area contributed by atoms with E-state index >= 15 is 0 Å². The second kappa shape index (κ2) is 5.47. The third-order valence-electron chi connectivity index (χ3n) is 0.522. The molecule has 0 aliphatic rings. The number of hydrogen-bond acceptors (Lipinski definition) is 3. The standard InChI is InChI=1S/C3H6NO4P/c5-3(6)4-1-2-8-9-7/h4H,1-2H2,(H,5,6). The Morgan fingerprint density at radius 1 is 1.78 bits per heavy atom. The molecule has 0 atom stereocenters. The fraction of sp³-hybridized carbons (Fsp3) is 0.667. The first kappa shape index (κ1) is 8.33. The van der Waals surface area contributed by atoms with Crippen LogP contribution in [-0.2, 0) is 9.09 Å². The summed E-state index contributed by atoms with van der Waals surface area (Å²) < 4.78 is 13.8. The molecule has 0 saturated heterocycles. The summed E-state index contributed by atoms with van der Waals surface area (Å²) in [6, 6.07) is 0. The van der Waals surface area contributed by atoms with Crippen LogP contribution >= 0.6 is 8.69 Å². The first-order valence-corrected chi connectivity index (χ1v) is 2.92. The van der Waals surface area contributed by atoms with E-state index in [4.69, 9.17) is 5.11 Å². The van der Waals surface area contributed by atoms with Crippen LogP contribution in [0.2, 0.25) is 0 Å². The Labute approximate surface area is 53.3 Å². The Balaban J connectivity index is 2.91. The number of rotatable bonds is 4. The number of amides is 1. The quantitative estimate of drug-likeness (QED) is 0.452. The van der Waals surface area contributed by atoms with Gasteiger partial charge < -0.3 is 10.4 Å². The monoisotopic (exact) mass is 151 g/mol. The third-order valence-corrected chi connectivity index (χ3v) is 0.810. The van der Waals surface area contributed by atoms with Crippen LogP contribution in [-0.4, -0.2) is 24.4 Å². The van der Waals surface area contributed by atoms with Crippen molar-refractivity contribution >= 4 is 14.8 Å². The highest BCUT2D eigenvalue weighted by Gasteiger charge is 1.91. The molecular weight excluding hydrogens is 145 g/mol. The SMILES string of the molecule is O=POCCNC(=O)O. The highest BCUT2D eigenvalue weighted by molar-refractivity contribution is 7.17. The van der Waals surface area contributed by atoms with Crippen molar-refractivity contribution in [2.45, 2.75) is 0 Å². The maximum absolute atomic E-state index is 9.72. The van der Waals surface area contributed by atoms with Gasteiger partial charge in [-0.15, -0.1) is 0 Å². The van der Waals surface area contributed by atoms with Crippen LogP contribution in [0.4, 0.5) is 4.79 Å². The molecule has 0 aliphatic carbocycles. The predicted molar refractivity (Wildman–Crippen MR) is 29.6 cm³/mol. The highest BCUT2D eigenvalue weighted by Crippen LogP contribution is 1.90. The predicted octanol–water partition coefficient (Wildman–Crippen LogP) is 0.477. The van der Waals surface area contributed by atoms with E-state index in [2.05, 4.69) is 4.52 Å². The average molecular weight is 151 g/mol. The van der Waals surface area contributed by atoms with Crippen LogP contribution in [0.5, 0.6) is 0 Å². The summed E-state index contributed by atoms with van der Waals surface area (Å²) >= 11 is 0. The molecule has 0 aromatic carbocycles. The van der Waals surface area contributed by atoms with Gasteiger partial charge in [-0.1, -0.05) is 0 Å². The smallest absolute Gasteiger partial charge is 0.404 e. The molecular formula is C3H6NO4P. The summed E-state index contributed by atoms with van der Waals surface area (Å²) in [5, 5.41) is 9.99. The van der Waals surface area contributed by atoms with Crippen molar-refractivity contribution in [3.63, 3.8) is 0 Å². The molecule has 0 saturated carbocycles. The molecule has 0 fully saturated rings. The minimum absolute atomic E-state index is 0.122. The number of carbonyl (C=O) groups is 1. The first-order chi connectivity index (χ1) is 4.27. The van der Waals surface area contributed by atoms with E-state index in [1.807, 2.05) is 5.32 Å². The van der Waals surface area contributed by atoms with Crippen molar-refractivity contribution in [1.82, 2.24) is 5.32 Å². The average Bonchev–Trinajstić information content (AvgIpc) is 1.80. The van der Waals surface area contributed by atoms with Crippen molar-refractivity contribution in [3.8, 4) is 0 Å². The molecule has 6 heteroatoms. The minimum Gasteiger partial charge on any atom is -0.465 e. The Morgan fingerprint density at radius 3 is 2.89 bits per heavy atom. The molecule has 0 aliphatic heterocycles. The molecule has 0 heterocycles. The van der Waals surface area contributed by atoms with Crippen molar-refractivity contribution in [3.05, 3.63) is 0 Å². The molecule has 0 rings (SSSR count). The zero-order valence-corrected chi connectivity index (χ0v) is 5.43. The van der Waals surface area contributed by atoms with E-state index in [1.165, 1.54) is 0 Å². The van der Waals surface area contributed by atoms with E-state index in [1.54, 1.807) is 0 Å². The summed E-state index contributed by atoms with van der Waals surface area (Å²) in [5.41, 5.74) is 0. The zero-order chi connectivity index (χ0) is 7.11. The molecule has 2 N–H and O–H groups in total. The van der Waals surface area contributed by atoms with Crippen LogP contribution in [0.3, 0.4) is 0 Å². The minimum atomic E-state index is -1.11. The van der Waals surface area contributed by atoms with Gasteiger partial charge in [0.1, 0.15) is 0 Å². The van der Waals surface area contributed by atoms with E-state index in [9.17, 15) is 9.36 Å². The van der Waals surface area contributed by atoms with E-state index < -0.39 is 14.8 Å². The fourth-order valence-electron chi connectivity index (χ4n) is 0.241. The van der Waals surface area contributed by atoms with Gasteiger partial charge in [-0.2, -0.15) is 0 Å². The molecule has 9 heavy (non-hydrogen) atoms. The summed E-state index contributed by atoms with van der Waals surface area (Å²) in [7, 11) is -0.426. The lowest BCUT2D eigenvalue weighted by atomic mass is 10.7. The molecule has 0 unspecified atom stereocenters. The number of hydrogen-bond donors (Lipinski definition) is 2. The normalized spacial score (nSPS) is 9.33. The van der Waals surface area contributed by atoms with Crippen LogP contribution in [0.1, 0.15) is 0 Å². The van der Waals surface area contributed by atoms with E-state index in [0.717, 1.165) is 0 Å². The van der Waals surface area contributed by atoms with Crippen LogP contribution in [0.15, 0.2) is 0 Å². The molecule has 52 valence electrons. The van der Waals surface area contributed by atoms with Gasteiger partial charge >= 0.3 is 14.8 Å². The summed E-state index contributed by atoms with van der Waals surface area (Å²) in [6.07, 6.45) is -1.11. The first-order valence-electron chi connectivity index (χ1n) is 2.19. The number of carboxylic acid groups (broad SMARTS) is 1. The van der Waals surface area contributed by atoms with Crippen molar-refractivity contribution in [2.24, 2.45) is 0 Å². The molecule has 0 bridgehead atoms. The maximum Gasteiger partial charge on any atom is 0.404 e. The van der Waals surface area contributed by atoms with Crippen LogP contribution in [0, 0.1) is 0 Å². The molecule has 0 aromatic heterocycles. The second-order valence-electron chi connectivity index (χ2n) is 1.14. The van der Waals surface area contributed by atoms with Crippen molar-refractivity contribution in [1.29, 1.82) is 0 Å². The van der Waals surface area contributed by atoms with Crippen molar-refractivity contribution < 1.29 is 19.0 Å². The summed E-state index contributed by atoms with van der Waals surface area (Å²) in [6.45, 7) is 0.280. The second-order valence-corrected chi connectivity index (χ2v) is 1.55. The van der Waals surface area contributed by atoms with Gasteiger partial charge in [0.05, 0.1) is 6.61 Å². The zero-order valence-electron chi connectivity index (χ0n) is 4.53. The van der Waals surface area contributed by atoms with Gasteiger partial charge in [0, 0.05) is 6.54 Å². The largest absolute Gasteiger partial charge is 0.465 e. The lowest BCUT2D eigenvalue weighted by molar-refractivity contribution is 0.191. The van der Waals surface area contributed by atoms with E-state index in [-0.39, 0.29) is 13.2 Å². The van der Waals surface area contributed by atoms with Gasteiger partial charge in [-0.3, -0.25) is 4.52 Å². The molecule has 5 nitrogen and oxygen atoms in total. The fourth-order valence-corrected chi connectivity index (χ4v) is 0.407. The highest BCUT2D eigenvalue weighted by atomic mass is 31.1. The van der Waals surface area contributed by atoms with Crippen LogP contribution < -0.4 is 5.32 Å². The Morgan fingerprint density at radius 2 is 2.44 bits per heavy atom. The van der Waals surface area contributed by atoms with Crippen molar-refractivity contribution in [2.75, 3.05) is 13.2 Å². The molecule has 0 aromatic rings. The third kappa shape index (κ3) is 7.33. The Hall–Kier alpha value is -0.670. The van der Waals surface area contributed by atoms with Gasteiger partial charge in [0.15, 0.2) is 0 Å². The topological polar surface area (TPSA) is 75.6 Å². The molecule has 0 radical (unpaired) electrons. The van der Waals surface area contributed by atoms with Gasteiger partial charge in [0.25, 0.3) is 0 Å². The summed E-state index contributed by atoms with van der Waals surface area (Å²) in [4.78, 5) is 9.72. The lowest BCUT2D eigenvalue weighted by Gasteiger charge is -1.94. The Kier molecular flexibility index (Phi) is 5.06. The van der Waals surface area contributed by atoms with Gasteiger partial charge in [-0.05, 0) is 0 Å².